The number of amides is 1. The van der Waals surface area contributed by atoms with Gasteiger partial charge in [-0.1, -0.05) is 12.1 Å². The number of pyridine rings is 1. The Balaban J connectivity index is 2.03. The van der Waals surface area contributed by atoms with E-state index in [1.165, 1.54) is 4.68 Å². The molecule has 0 aliphatic carbocycles. The number of carbonyl (C=O) groups excluding carboxylic acids is 1. The Morgan fingerprint density at radius 3 is 2.61 bits per heavy atom. The number of benzene rings is 1. The molecular formula is C16H20N4O3. The van der Waals surface area contributed by atoms with Crippen molar-refractivity contribution in [1.82, 2.24) is 9.58 Å². The van der Waals surface area contributed by atoms with Crippen LogP contribution in [0.15, 0.2) is 29.1 Å². The average Bonchev–Trinajstić information content (AvgIpc) is 2.57. The number of hydrogen-bond acceptors (Lipinski definition) is 5. The first kappa shape index (κ1) is 15.5. The van der Waals surface area contributed by atoms with Crippen molar-refractivity contribution in [1.29, 1.82) is 0 Å². The zero-order valence-corrected chi connectivity index (χ0v) is 12.8. The Kier molecular flexibility index (Phi) is 4.31. The van der Waals surface area contributed by atoms with E-state index in [0.717, 1.165) is 13.1 Å². The number of nitrogens with two attached hydrogens (primary N) is 2. The Morgan fingerprint density at radius 2 is 1.91 bits per heavy atom. The maximum Gasteiger partial charge on any atom is 0.254 e. The first-order valence-electron chi connectivity index (χ1n) is 7.61. The molecule has 7 nitrogen and oxygen atoms in total. The summed E-state index contributed by atoms with van der Waals surface area (Å²) in [6, 6.07) is 6.96. The minimum atomic E-state index is -0.739. The Bertz CT molecular complexity index is 794. The molecule has 0 bridgehead atoms. The van der Waals surface area contributed by atoms with Crippen LogP contribution in [0, 0.1) is 0 Å². The molecule has 2 aromatic rings. The molecule has 0 unspecified atom stereocenters. The highest BCUT2D eigenvalue weighted by Crippen LogP contribution is 2.15. The minimum absolute atomic E-state index is 0.0144. The summed E-state index contributed by atoms with van der Waals surface area (Å²) >= 11 is 0. The third-order valence-corrected chi connectivity index (χ3v) is 4.23. The highest BCUT2D eigenvalue weighted by Gasteiger charge is 2.20. The van der Waals surface area contributed by atoms with E-state index in [1.807, 2.05) is 0 Å². The van der Waals surface area contributed by atoms with Crippen molar-refractivity contribution in [2.45, 2.75) is 6.42 Å². The van der Waals surface area contributed by atoms with Gasteiger partial charge in [-0.2, -0.15) is 0 Å². The molecule has 1 aliphatic rings. The van der Waals surface area contributed by atoms with Gasteiger partial charge in [0.15, 0.2) is 0 Å². The summed E-state index contributed by atoms with van der Waals surface area (Å²) in [6.45, 7) is 3.73. The second kappa shape index (κ2) is 6.39. The van der Waals surface area contributed by atoms with Crippen molar-refractivity contribution in [3.8, 4) is 0 Å². The van der Waals surface area contributed by atoms with Crippen molar-refractivity contribution in [3.05, 3.63) is 45.7 Å². The number of fused-ring (bicyclic) bond motifs is 1. The van der Waals surface area contributed by atoms with Gasteiger partial charge < -0.3 is 16.3 Å². The number of para-hydroxylation sites is 1. The molecule has 23 heavy (non-hydrogen) atoms. The van der Waals surface area contributed by atoms with Crippen LogP contribution in [0.25, 0.3) is 10.9 Å². The smallest absolute Gasteiger partial charge is 0.254 e. The molecule has 0 saturated carbocycles. The molecule has 0 spiro atoms. The quantitative estimate of drug-likeness (QED) is 0.753. The van der Waals surface area contributed by atoms with Crippen LogP contribution in [0.2, 0.25) is 0 Å². The predicted molar refractivity (Wildman–Crippen MR) is 87.8 cm³/mol. The fraction of sp³-hybridized carbons (Fsp3) is 0.375. The second-order valence-corrected chi connectivity index (χ2v) is 5.61. The molecule has 122 valence electrons. The van der Waals surface area contributed by atoms with E-state index in [9.17, 15) is 9.59 Å². The maximum atomic E-state index is 12.6. The van der Waals surface area contributed by atoms with E-state index in [0.29, 0.717) is 42.8 Å². The van der Waals surface area contributed by atoms with Crippen molar-refractivity contribution >= 4 is 16.8 Å². The Hall–Kier alpha value is -2.38. The van der Waals surface area contributed by atoms with Crippen LogP contribution < -0.4 is 17.0 Å². The number of carbonyl (C=O) groups is 1. The number of morpholine rings is 1. The Morgan fingerprint density at radius 1 is 1.22 bits per heavy atom. The van der Waals surface area contributed by atoms with Gasteiger partial charge in [-0.05, 0) is 12.1 Å². The fourth-order valence-electron chi connectivity index (χ4n) is 3.00. The van der Waals surface area contributed by atoms with Crippen molar-refractivity contribution in [3.63, 3.8) is 0 Å². The summed E-state index contributed by atoms with van der Waals surface area (Å²) in [7, 11) is 0. The lowest BCUT2D eigenvalue weighted by Gasteiger charge is -2.27. The van der Waals surface area contributed by atoms with Crippen molar-refractivity contribution in [2.75, 3.05) is 38.7 Å². The van der Waals surface area contributed by atoms with Gasteiger partial charge in [-0.3, -0.25) is 19.2 Å². The monoisotopic (exact) mass is 316 g/mol. The van der Waals surface area contributed by atoms with Gasteiger partial charge in [0.2, 0.25) is 5.43 Å². The van der Waals surface area contributed by atoms with Crippen molar-refractivity contribution < 1.29 is 9.53 Å². The SMILES string of the molecule is NC(=O)c1c(CCN2CCOCC2)n(N)c2ccccc2c1=O. The molecule has 1 aromatic heterocycles. The van der Waals surface area contributed by atoms with Gasteiger partial charge >= 0.3 is 0 Å². The lowest BCUT2D eigenvalue weighted by atomic mass is 10.0. The van der Waals surface area contributed by atoms with E-state index in [4.69, 9.17) is 16.3 Å². The Labute approximate surface area is 133 Å². The van der Waals surface area contributed by atoms with E-state index in [1.54, 1.807) is 24.3 Å². The van der Waals surface area contributed by atoms with Gasteiger partial charge in [0.05, 0.1) is 24.4 Å². The second-order valence-electron chi connectivity index (χ2n) is 5.61. The lowest BCUT2D eigenvalue weighted by Crippen LogP contribution is -2.39. The fourth-order valence-corrected chi connectivity index (χ4v) is 3.00. The standard InChI is InChI=1S/C16H20N4O3/c17-16(22)14-13(5-6-19-7-9-23-10-8-19)20(18)12-4-2-1-3-11(12)15(14)21/h1-4H,5-10,18H2,(H2,17,22). The number of ether oxygens (including phenoxy) is 1. The molecule has 7 heteroatoms. The van der Waals surface area contributed by atoms with Crippen LogP contribution in [0.4, 0.5) is 0 Å². The first-order chi connectivity index (χ1) is 11.1. The van der Waals surface area contributed by atoms with Crippen LogP contribution in [0.3, 0.4) is 0 Å². The van der Waals surface area contributed by atoms with E-state index in [-0.39, 0.29) is 11.0 Å². The number of aromatic nitrogens is 1. The van der Waals surface area contributed by atoms with Crippen LogP contribution >= 0.6 is 0 Å². The summed E-state index contributed by atoms with van der Waals surface area (Å²) in [5.74, 6) is 5.43. The molecule has 2 heterocycles. The molecular weight excluding hydrogens is 296 g/mol. The highest BCUT2D eigenvalue weighted by atomic mass is 16.5. The van der Waals surface area contributed by atoms with Crippen LogP contribution in [0.5, 0.6) is 0 Å². The third-order valence-electron chi connectivity index (χ3n) is 4.23. The molecule has 4 N–H and O–H groups in total. The predicted octanol–water partition coefficient (Wildman–Crippen LogP) is -0.311. The highest BCUT2D eigenvalue weighted by molar-refractivity contribution is 5.97. The normalized spacial score (nSPS) is 15.8. The van der Waals surface area contributed by atoms with Crippen LogP contribution in [0.1, 0.15) is 16.1 Å². The molecule has 1 saturated heterocycles. The molecule has 3 rings (SSSR count). The number of rotatable bonds is 4. The molecule has 0 atom stereocenters. The number of hydrogen-bond donors (Lipinski definition) is 2. The average molecular weight is 316 g/mol. The van der Waals surface area contributed by atoms with E-state index < -0.39 is 5.91 Å². The zero-order valence-electron chi connectivity index (χ0n) is 12.8. The molecule has 1 aliphatic heterocycles. The largest absolute Gasteiger partial charge is 0.379 e. The first-order valence-corrected chi connectivity index (χ1v) is 7.61. The third kappa shape index (κ3) is 2.93. The van der Waals surface area contributed by atoms with Gasteiger partial charge in [-0.15, -0.1) is 0 Å². The summed E-state index contributed by atoms with van der Waals surface area (Å²) in [6.07, 6.45) is 0.481. The molecule has 0 radical (unpaired) electrons. The minimum Gasteiger partial charge on any atom is -0.379 e. The maximum absolute atomic E-state index is 12.6. The van der Waals surface area contributed by atoms with E-state index >= 15 is 0 Å². The van der Waals surface area contributed by atoms with Gasteiger partial charge in [0.25, 0.3) is 5.91 Å². The molecule has 1 fully saturated rings. The summed E-state index contributed by atoms with van der Waals surface area (Å²) in [5.41, 5.74) is 6.15. The van der Waals surface area contributed by atoms with Crippen LogP contribution in [-0.2, 0) is 11.2 Å². The zero-order chi connectivity index (χ0) is 16.4. The van der Waals surface area contributed by atoms with Gasteiger partial charge in [0.1, 0.15) is 5.56 Å². The summed E-state index contributed by atoms with van der Waals surface area (Å²) < 4.78 is 6.73. The topological polar surface area (TPSA) is 104 Å². The summed E-state index contributed by atoms with van der Waals surface area (Å²) in [4.78, 5) is 26.6. The van der Waals surface area contributed by atoms with Gasteiger partial charge in [-0.25, -0.2) is 0 Å². The number of nitrogens with zero attached hydrogens (tertiary/aromatic N) is 2. The number of nitrogen functional groups attached to an aromatic ring is 1. The summed E-state index contributed by atoms with van der Waals surface area (Å²) in [5, 5.41) is 0.402. The molecule has 1 aromatic carbocycles. The lowest BCUT2D eigenvalue weighted by molar-refractivity contribution is 0.0382. The number of primary amides is 1. The molecule has 1 amide bonds. The van der Waals surface area contributed by atoms with Crippen LogP contribution in [-0.4, -0.2) is 48.3 Å². The van der Waals surface area contributed by atoms with Crippen molar-refractivity contribution in [2.24, 2.45) is 5.73 Å². The van der Waals surface area contributed by atoms with Gasteiger partial charge in [0, 0.05) is 31.4 Å². The van der Waals surface area contributed by atoms with E-state index in [2.05, 4.69) is 4.90 Å².